The number of hydrogen-bond acceptors (Lipinski definition) is 6. The van der Waals surface area contributed by atoms with Crippen LogP contribution in [0.5, 0.6) is 0 Å². The normalized spacial score (nSPS) is 18.7. The summed E-state index contributed by atoms with van der Waals surface area (Å²) in [6.07, 6.45) is 3.97. The third kappa shape index (κ3) is 5.03. The highest BCUT2D eigenvalue weighted by molar-refractivity contribution is 5.74. The number of carbonyl (C=O) groups is 1. The molecule has 1 aromatic heterocycles. The summed E-state index contributed by atoms with van der Waals surface area (Å²) in [4.78, 5) is 14.1. The van der Waals surface area contributed by atoms with E-state index in [0.29, 0.717) is 13.2 Å². The molecule has 0 radical (unpaired) electrons. The fourth-order valence-electron chi connectivity index (χ4n) is 2.55. The summed E-state index contributed by atoms with van der Waals surface area (Å²) in [5, 5.41) is 8.32. The van der Waals surface area contributed by atoms with Crippen molar-refractivity contribution in [3.8, 4) is 0 Å². The molecule has 0 spiro atoms. The van der Waals surface area contributed by atoms with Gasteiger partial charge in [-0.25, -0.2) is 4.79 Å². The summed E-state index contributed by atoms with van der Waals surface area (Å²) in [5.74, 6) is 0.514. The van der Waals surface area contributed by atoms with Crippen molar-refractivity contribution in [3.05, 3.63) is 30.5 Å². The Kier molecular flexibility index (Phi) is 6.52. The average Bonchev–Trinajstić information content (AvgIpc) is 3.02. The lowest BCUT2D eigenvalue weighted by Crippen LogP contribution is -2.36. The maximum Gasteiger partial charge on any atom is 0.335 e. The lowest BCUT2D eigenvalue weighted by atomic mass is 10.2. The zero-order valence-corrected chi connectivity index (χ0v) is 13.9. The van der Waals surface area contributed by atoms with Gasteiger partial charge in [-0.2, -0.15) is 5.10 Å². The molecular formula is C17H25N3O3. The van der Waals surface area contributed by atoms with Gasteiger partial charge in [-0.15, -0.1) is 11.7 Å². The standard InChI is InChI=1S/C17H25N3O3/c1-4-5-11-22-14(3)17(21)23-12-15-7-6-10-20(15)16-9-8-13(2)18-19-16/h4,8-9,14-15H,1,5-7,10-12H2,2-3H3/t14-,15-/m1/s1. The van der Waals surface area contributed by atoms with Crippen LogP contribution < -0.4 is 4.90 Å². The van der Waals surface area contributed by atoms with E-state index < -0.39 is 6.10 Å². The lowest BCUT2D eigenvalue weighted by molar-refractivity contribution is -0.156. The minimum absolute atomic E-state index is 0.149. The minimum Gasteiger partial charge on any atom is -0.462 e. The van der Waals surface area contributed by atoms with Gasteiger partial charge in [-0.1, -0.05) is 6.08 Å². The molecular weight excluding hydrogens is 294 g/mol. The quantitative estimate of drug-likeness (QED) is 0.416. The number of esters is 1. The molecule has 0 aliphatic carbocycles. The van der Waals surface area contributed by atoms with Gasteiger partial charge < -0.3 is 14.4 Å². The Hall–Kier alpha value is -1.95. The van der Waals surface area contributed by atoms with E-state index in [1.165, 1.54) is 0 Å². The Morgan fingerprint density at radius 2 is 2.35 bits per heavy atom. The van der Waals surface area contributed by atoms with E-state index in [1.807, 2.05) is 19.1 Å². The van der Waals surface area contributed by atoms with Gasteiger partial charge in [-0.3, -0.25) is 0 Å². The first kappa shape index (κ1) is 17.4. The van der Waals surface area contributed by atoms with Crippen LogP contribution in [0.3, 0.4) is 0 Å². The van der Waals surface area contributed by atoms with E-state index >= 15 is 0 Å². The second-order valence-corrected chi connectivity index (χ2v) is 5.74. The molecule has 1 fully saturated rings. The highest BCUT2D eigenvalue weighted by Crippen LogP contribution is 2.23. The number of rotatable bonds is 8. The largest absolute Gasteiger partial charge is 0.462 e. The highest BCUT2D eigenvalue weighted by Gasteiger charge is 2.28. The van der Waals surface area contributed by atoms with Crippen LogP contribution in [0.1, 0.15) is 31.9 Å². The molecule has 0 bridgehead atoms. The van der Waals surface area contributed by atoms with Gasteiger partial charge in [0.25, 0.3) is 0 Å². The van der Waals surface area contributed by atoms with Crippen LogP contribution in [0.4, 0.5) is 5.82 Å². The van der Waals surface area contributed by atoms with Gasteiger partial charge in [0.15, 0.2) is 11.9 Å². The van der Waals surface area contributed by atoms with E-state index in [2.05, 4.69) is 21.7 Å². The summed E-state index contributed by atoms with van der Waals surface area (Å²) < 4.78 is 10.8. The second kappa shape index (κ2) is 8.62. The number of anilines is 1. The maximum absolute atomic E-state index is 12.0. The minimum atomic E-state index is -0.552. The monoisotopic (exact) mass is 319 g/mol. The molecule has 2 atom stereocenters. The molecule has 23 heavy (non-hydrogen) atoms. The molecule has 0 amide bonds. The fourth-order valence-corrected chi connectivity index (χ4v) is 2.55. The number of carbonyl (C=O) groups excluding carboxylic acids is 1. The molecule has 0 N–H and O–H groups in total. The van der Waals surface area contributed by atoms with Crippen LogP contribution in [-0.2, 0) is 14.3 Å². The van der Waals surface area contributed by atoms with Crippen molar-refractivity contribution in [2.45, 2.75) is 45.3 Å². The molecule has 126 valence electrons. The third-order valence-electron chi connectivity index (χ3n) is 3.89. The smallest absolute Gasteiger partial charge is 0.335 e. The van der Waals surface area contributed by atoms with E-state index in [4.69, 9.17) is 9.47 Å². The Bertz CT molecular complexity index is 518. The molecule has 1 aromatic rings. The maximum atomic E-state index is 12.0. The second-order valence-electron chi connectivity index (χ2n) is 5.74. The van der Waals surface area contributed by atoms with E-state index in [1.54, 1.807) is 13.0 Å². The van der Waals surface area contributed by atoms with Gasteiger partial charge in [0.05, 0.1) is 18.3 Å². The SMILES string of the molecule is C=CCCO[C@H](C)C(=O)OC[C@H]1CCCN1c1ccc(C)nn1. The zero-order chi connectivity index (χ0) is 16.7. The van der Waals surface area contributed by atoms with E-state index in [9.17, 15) is 4.79 Å². The molecule has 0 unspecified atom stereocenters. The van der Waals surface area contributed by atoms with E-state index in [-0.39, 0.29) is 12.0 Å². The topological polar surface area (TPSA) is 64.6 Å². The van der Waals surface area contributed by atoms with Crippen molar-refractivity contribution in [3.63, 3.8) is 0 Å². The third-order valence-corrected chi connectivity index (χ3v) is 3.89. The van der Waals surface area contributed by atoms with Crippen LogP contribution in [0.25, 0.3) is 0 Å². The lowest BCUT2D eigenvalue weighted by Gasteiger charge is -2.25. The first-order valence-electron chi connectivity index (χ1n) is 8.08. The number of hydrogen-bond donors (Lipinski definition) is 0. The Labute approximate surface area is 137 Å². The zero-order valence-electron chi connectivity index (χ0n) is 13.9. The molecule has 6 heteroatoms. The molecule has 0 saturated carbocycles. The van der Waals surface area contributed by atoms with Gasteiger partial charge in [-0.05, 0) is 45.2 Å². The van der Waals surface area contributed by atoms with Crippen molar-refractivity contribution in [1.82, 2.24) is 10.2 Å². The Morgan fingerprint density at radius 3 is 3.04 bits per heavy atom. The molecule has 2 rings (SSSR count). The number of ether oxygens (including phenoxy) is 2. The van der Waals surface area contributed by atoms with Crippen LogP contribution >= 0.6 is 0 Å². The van der Waals surface area contributed by atoms with Crippen molar-refractivity contribution < 1.29 is 14.3 Å². The van der Waals surface area contributed by atoms with E-state index in [0.717, 1.165) is 37.3 Å². The van der Waals surface area contributed by atoms with Crippen molar-refractivity contribution in [2.24, 2.45) is 0 Å². The summed E-state index contributed by atoms with van der Waals surface area (Å²) >= 11 is 0. The van der Waals surface area contributed by atoms with Gasteiger partial charge in [0.1, 0.15) is 6.61 Å². The fraction of sp³-hybridized carbons (Fsp3) is 0.588. The summed E-state index contributed by atoms with van der Waals surface area (Å²) in [5.41, 5.74) is 0.890. The van der Waals surface area contributed by atoms with Crippen LogP contribution in [-0.4, -0.2) is 48.1 Å². The van der Waals surface area contributed by atoms with Crippen molar-refractivity contribution in [2.75, 3.05) is 24.7 Å². The molecule has 1 aliphatic rings. The predicted octanol–water partition coefficient (Wildman–Crippen LogP) is 2.28. The summed E-state index contributed by atoms with van der Waals surface area (Å²) in [6.45, 7) is 8.98. The molecule has 1 aliphatic heterocycles. The van der Waals surface area contributed by atoms with Crippen LogP contribution in [0.15, 0.2) is 24.8 Å². The molecule has 6 nitrogen and oxygen atoms in total. The first-order valence-corrected chi connectivity index (χ1v) is 8.08. The first-order chi connectivity index (χ1) is 11.1. The number of aryl methyl sites for hydroxylation is 1. The number of nitrogens with zero attached hydrogens (tertiary/aromatic N) is 3. The van der Waals surface area contributed by atoms with Crippen molar-refractivity contribution in [1.29, 1.82) is 0 Å². The van der Waals surface area contributed by atoms with Gasteiger partial charge in [0, 0.05) is 6.54 Å². The Morgan fingerprint density at radius 1 is 1.52 bits per heavy atom. The van der Waals surface area contributed by atoms with Crippen LogP contribution in [0, 0.1) is 6.92 Å². The predicted molar refractivity (Wildman–Crippen MR) is 88.3 cm³/mol. The van der Waals surface area contributed by atoms with Crippen molar-refractivity contribution >= 4 is 11.8 Å². The molecule has 0 aromatic carbocycles. The highest BCUT2D eigenvalue weighted by atomic mass is 16.6. The van der Waals surface area contributed by atoms with Crippen LogP contribution in [0.2, 0.25) is 0 Å². The summed E-state index contributed by atoms with van der Waals surface area (Å²) in [6, 6.07) is 4.05. The van der Waals surface area contributed by atoms with Gasteiger partial charge in [0.2, 0.25) is 0 Å². The van der Waals surface area contributed by atoms with Gasteiger partial charge >= 0.3 is 5.97 Å². The average molecular weight is 319 g/mol. The molecule has 2 heterocycles. The number of aromatic nitrogens is 2. The summed E-state index contributed by atoms with van der Waals surface area (Å²) in [7, 11) is 0. The molecule has 1 saturated heterocycles. The Balaban J connectivity index is 1.83.